The number of rotatable bonds is 4. The van der Waals surface area contributed by atoms with E-state index in [1.807, 2.05) is 11.3 Å². The van der Waals surface area contributed by atoms with Gasteiger partial charge in [0.15, 0.2) is 0 Å². The lowest BCUT2D eigenvalue weighted by Crippen LogP contribution is -2.37. The van der Waals surface area contributed by atoms with Crippen molar-refractivity contribution in [2.45, 2.75) is 26.1 Å². The van der Waals surface area contributed by atoms with Crippen molar-refractivity contribution in [1.29, 1.82) is 0 Å². The SMILES string of the molecule is C[Si](C)(C)c1ccc(-c2cccc3c2C=C(c2ccc(-c4ccccc4)s2)C3)cc1. The first-order valence-electron chi connectivity index (χ1n) is 10.6. The van der Waals surface area contributed by atoms with Crippen molar-refractivity contribution < 1.29 is 0 Å². The van der Waals surface area contributed by atoms with Crippen molar-refractivity contribution in [2.75, 3.05) is 0 Å². The minimum Gasteiger partial charge on any atom is -0.136 e. The molecule has 4 aromatic rings. The topological polar surface area (TPSA) is 0 Å². The number of hydrogen-bond acceptors (Lipinski definition) is 1. The molecular formula is C28H26SSi. The van der Waals surface area contributed by atoms with Crippen LogP contribution < -0.4 is 5.19 Å². The third kappa shape index (κ3) is 3.62. The summed E-state index contributed by atoms with van der Waals surface area (Å²) < 4.78 is 0. The molecule has 1 aliphatic rings. The lowest BCUT2D eigenvalue weighted by atomic mass is 9.97. The molecule has 0 radical (unpaired) electrons. The second kappa shape index (κ2) is 7.53. The van der Waals surface area contributed by atoms with Crippen molar-refractivity contribution in [3.63, 3.8) is 0 Å². The maximum atomic E-state index is 2.41. The second-order valence-corrected chi connectivity index (χ2v) is 15.2. The molecule has 0 nitrogen and oxygen atoms in total. The van der Waals surface area contributed by atoms with Crippen LogP contribution in [-0.2, 0) is 6.42 Å². The summed E-state index contributed by atoms with van der Waals surface area (Å²) in [6.45, 7) is 7.21. The van der Waals surface area contributed by atoms with Crippen LogP contribution in [0.1, 0.15) is 16.0 Å². The summed E-state index contributed by atoms with van der Waals surface area (Å²) in [5, 5.41) is 1.52. The molecule has 2 heteroatoms. The zero-order valence-electron chi connectivity index (χ0n) is 17.8. The summed E-state index contributed by atoms with van der Waals surface area (Å²) in [6, 6.07) is 31.3. The smallest absolute Gasteiger partial charge is 0.0775 e. The highest BCUT2D eigenvalue weighted by Crippen LogP contribution is 2.41. The molecule has 1 aromatic heterocycles. The Morgan fingerprint density at radius 1 is 0.667 bits per heavy atom. The van der Waals surface area contributed by atoms with E-state index in [0.29, 0.717) is 0 Å². The van der Waals surface area contributed by atoms with Gasteiger partial charge in [-0.1, -0.05) is 97.6 Å². The Balaban J connectivity index is 1.49. The Kier molecular flexibility index (Phi) is 4.84. The number of thiophene rings is 1. The Bertz CT molecular complexity index is 1220. The Morgan fingerprint density at radius 3 is 2.13 bits per heavy atom. The van der Waals surface area contributed by atoms with Crippen LogP contribution >= 0.6 is 11.3 Å². The fraction of sp³-hybridized carbons (Fsp3) is 0.143. The van der Waals surface area contributed by atoms with Gasteiger partial charge in [-0.2, -0.15) is 0 Å². The predicted octanol–water partition coefficient (Wildman–Crippen LogP) is 7.72. The molecule has 5 rings (SSSR count). The molecule has 30 heavy (non-hydrogen) atoms. The highest BCUT2D eigenvalue weighted by atomic mass is 32.1. The third-order valence-electron chi connectivity index (χ3n) is 5.94. The van der Waals surface area contributed by atoms with Gasteiger partial charge in [-0.25, -0.2) is 0 Å². The van der Waals surface area contributed by atoms with E-state index < -0.39 is 8.07 Å². The zero-order valence-corrected chi connectivity index (χ0v) is 19.6. The molecular weight excluding hydrogens is 396 g/mol. The Labute approximate surface area is 184 Å². The van der Waals surface area contributed by atoms with Crippen LogP contribution in [0.5, 0.6) is 0 Å². The minimum absolute atomic E-state index is 1.02. The molecule has 0 bridgehead atoms. The average Bonchev–Trinajstić information content (AvgIpc) is 3.41. The largest absolute Gasteiger partial charge is 0.136 e. The van der Waals surface area contributed by atoms with Crippen LogP contribution in [0.25, 0.3) is 33.2 Å². The molecule has 0 atom stereocenters. The molecule has 0 spiro atoms. The third-order valence-corrected chi connectivity index (χ3v) is 9.21. The van der Waals surface area contributed by atoms with Crippen molar-refractivity contribution in [3.8, 4) is 21.6 Å². The average molecular weight is 423 g/mol. The summed E-state index contributed by atoms with van der Waals surface area (Å²) in [6.07, 6.45) is 3.43. The number of hydrogen-bond donors (Lipinski definition) is 0. The first-order valence-corrected chi connectivity index (χ1v) is 14.9. The molecule has 148 valence electrons. The van der Waals surface area contributed by atoms with E-state index in [2.05, 4.69) is 111 Å². The quantitative estimate of drug-likeness (QED) is 0.295. The molecule has 0 saturated carbocycles. The summed E-state index contributed by atoms with van der Waals surface area (Å²) in [5.41, 5.74) is 8.23. The molecule has 1 aliphatic carbocycles. The van der Waals surface area contributed by atoms with Gasteiger partial charge in [-0.05, 0) is 58.0 Å². The summed E-state index contributed by atoms with van der Waals surface area (Å²) >= 11 is 1.90. The minimum atomic E-state index is -1.27. The van der Waals surface area contributed by atoms with Crippen LogP contribution in [0.4, 0.5) is 0 Å². The highest BCUT2D eigenvalue weighted by molar-refractivity contribution is 7.16. The predicted molar refractivity (Wildman–Crippen MR) is 136 cm³/mol. The maximum Gasteiger partial charge on any atom is 0.0775 e. The van der Waals surface area contributed by atoms with Crippen molar-refractivity contribution in [3.05, 3.63) is 101 Å². The van der Waals surface area contributed by atoms with E-state index in [4.69, 9.17) is 0 Å². The van der Waals surface area contributed by atoms with Crippen LogP contribution in [0, 0.1) is 0 Å². The van der Waals surface area contributed by atoms with Crippen molar-refractivity contribution >= 4 is 36.2 Å². The molecule has 0 unspecified atom stereocenters. The monoisotopic (exact) mass is 422 g/mol. The van der Waals surface area contributed by atoms with Gasteiger partial charge in [-0.3, -0.25) is 0 Å². The van der Waals surface area contributed by atoms with Gasteiger partial charge >= 0.3 is 0 Å². The highest BCUT2D eigenvalue weighted by Gasteiger charge is 2.20. The van der Waals surface area contributed by atoms with Gasteiger partial charge in [0.25, 0.3) is 0 Å². The number of benzene rings is 3. The van der Waals surface area contributed by atoms with Crippen molar-refractivity contribution in [2.24, 2.45) is 0 Å². The molecule has 1 heterocycles. The van der Waals surface area contributed by atoms with Gasteiger partial charge in [-0.15, -0.1) is 11.3 Å². The van der Waals surface area contributed by atoms with E-state index >= 15 is 0 Å². The number of fused-ring (bicyclic) bond motifs is 1. The van der Waals surface area contributed by atoms with E-state index in [-0.39, 0.29) is 0 Å². The molecule has 3 aromatic carbocycles. The Morgan fingerprint density at radius 2 is 1.40 bits per heavy atom. The molecule has 0 aliphatic heterocycles. The van der Waals surface area contributed by atoms with E-state index in [1.54, 1.807) is 0 Å². The van der Waals surface area contributed by atoms with Crippen LogP contribution in [0.2, 0.25) is 19.6 Å². The van der Waals surface area contributed by atoms with Crippen molar-refractivity contribution in [1.82, 2.24) is 0 Å². The van der Waals surface area contributed by atoms with Crippen LogP contribution in [-0.4, -0.2) is 8.07 Å². The van der Waals surface area contributed by atoms with Gasteiger partial charge < -0.3 is 0 Å². The van der Waals surface area contributed by atoms with Crippen LogP contribution in [0.15, 0.2) is 84.9 Å². The first kappa shape index (κ1) is 19.3. The zero-order chi connectivity index (χ0) is 20.7. The second-order valence-electron chi connectivity index (χ2n) is 9.08. The van der Waals surface area contributed by atoms with Gasteiger partial charge in [0, 0.05) is 9.75 Å². The molecule has 0 amide bonds. The van der Waals surface area contributed by atoms with Gasteiger partial charge in [0.1, 0.15) is 0 Å². The Hall–Kier alpha value is -2.68. The lowest BCUT2D eigenvalue weighted by Gasteiger charge is -2.17. The molecule has 0 fully saturated rings. The first-order chi connectivity index (χ1) is 14.5. The fourth-order valence-corrected chi connectivity index (χ4v) is 6.39. The lowest BCUT2D eigenvalue weighted by molar-refractivity contribution is 1.33. The van der Waals surface area contributed by atoms with Crippen LogP contribution in [0.3, 0.4) is 0 Å². The summed E-state index contributed by atoms with van der Waals surface area (Å²) in [4.78, 5) is 2.72. The molecule has 0 N–H and O–H groups in total. The van der Waals surface area contributed by atoms with E-state index in [1.165, 1.54) is 48.3 Å². The fourth-order valence-electron chi connectivity index (χ4n) is 4.20. The molecule has 0 saturated heterocycles. The van der Waals surface area contributed by atoms with E-state index in [0.717, 1.165) is 6.42 Å². The van der Waals surface area contributed by atoms with Gasteiger partial charge in [0.2, 0.25) is 0 Å². The summed E-state index contributed by atoms with van der Waals surface area (Å²) in [5.74, 6) is 0. The van der Waals surface area contributed by atoms with Gasteiger partial charge in [0.05, 0.1) is 8.07 Å². The van der Waals surface area contributed by atoms with E-state index in [9.17, 15) is 0 Å². The summed E-state index contributed by atoms with van der Waals surface area (Å²) in [7, 11) is -1.27. The normalized spacial score (nSPS) is 13.2. The number of allylic oxidation sites excluding steroid dienone is 1. The maximum absolute atomic E-state index is 2.41. The standard InChI is InChI=1S/C28H26SSi/c1-30(2,3)24-14-12-20(13-15-24)25-11-7-10-22-18-23(19-26(22)25)28-17-16-27(29-28)21-8-5-4-6-9-21/h4-17,19H,18H2,1-3H3.